The van der Waals surface area contributed by atoms with Crippen LogP contribution in [0.2, 0.25) is 0 Å². The largest absolute Gasteiger partial charge is 0.148 e. The highest BCUT2D eigenvalue weighted by Gasteiger charge is 2.12. The number of thioether (sulfide) groups is 2. The Labute approximate surface area is 85.3 Å². The maximum atomic E-state index is 2.28. The molecule has 0 aromatic rings. The van der Waals surface area contributed by atoms with Gasteiger partial charge >= 0.3 is 0 Å². The van der Waals surface area contributed by atoms with Crippen LogP contribution in [0.5, 0.6) is 0 Å². The van der Waals surface area contributed by atoms with E-state index in [4.69, 9.17) is 0 Å². The number of hydrogen-bond donors (Lipinski definition) is 0. The molecule has 2 heteroatoms. The Kier molecular flexibility index (Phi) is 6.41. The molecule has 72 valence electrons. The first kappa shape index (κ1) is 10.8. The van der Waals surface area contributed by atoms with Crippen molar-refractivity contribution in [1.82, 2.24) is 0 Å². The summed E-state index contributed by atoms with van der Waals surface area (Å²) >= 11 is 4.37. The van der Waals surface area contributed by atoms with Crippen molar-refractivity contribution in [3.05, 3.63) is 0 Å². The van der Waals surface area contributed by atoms with E-state index in [1.807, 2.05) is 0 Å². The molecule has 0 nitrogen and oxygen atoms in total. The summed E-state index contributed by atoms with van der Waals surface area (Å²) in [6.45, 7) is 2.28. The molecule has 1 fully saturated rings. The first-order chi connectivity index (χ1) is 5.93. The van der Waals surface area contributed by atoms with Crippen molar-refractivity contribution in [2.45, 2.75) is 50.0 Å². The minimum Gasteiger partial charge on any atom is -0.148 e. The van der Waals surface area contributed by atoms with Crippen molar-refractivity contribution in [3.8, 4) is 0 Å². The molecule has 1 aliphatic rings. The lowest BCUT2D eigenvalue weighted by Crippen LogP contribution is -2.06. The second-order valence-electron chi connectivity index (χ2n) is 3.37. The van der Waals surface area contributed by atoms with E-state index in [1.54, 1.807) is 0 Å². The molecule has 0 aliphatic carbocycles. The van der Waals surface area contributed by atoms with Gasteiger partial charge in [-0.15, -0.1) is 23.5 Å². The molecule has 0 unspecified atom stereocenters. The molecule has 1 aliphatic heterocycles. The van der Waals surface area contributed by atoms with Crippen LogP contribution in [0.25, 0.3) is 0 Å². The summed E-state index contributed by atoms with van der Waals surface area (Å²) in [6.07, 6.45) is 8.59. The van der Waals surface area contributed by atoms with Crippen molar-refractivity contribution in [2.24, 2.45) is 0 Å². The van der Waals surface area contributed by atoms with E-state index in [0.717, 1.165) is 4.58 Å². The number of rotatable bonds is 5. The smallest absolute Gasteiger partial charge is 0.0502 e. The standard InChI is InChI=1S/C10H20S2/c1-2-3-4-5-7-10-11-8-6-9-12-10/h10H,2-9H2,1H3. The van der Waals surface area contributed by atoms with Gasteiger partial charge in [0.05, 0.1) is 4.58 Å². The Balaban J connectivity index is 1.91. The fourth-order valence-electron chi connectivity index (χ4n) is 1.44. The molecular formula is C10H20S2. The Morgan fingerprint density at radius 3 is 2.50 bits per heavy atom. The van der Waals surface area contributed by atoms with Crippen LogP contribution in [0, 0.1) is 0 Å². The van der Waals surface area contributed by atoms with Crippen molar-refractivity contribution < 1.29 is 0 Å². The maximum Gasteiger partial charge on any atom is 0.0502 e. The quantitative estimate of drug-likeness (QED) is 0.617. The van der Waals surface area contributed by atoms with Crippen LogP contribution < -0.4 is 0 Å². The van der Waals surface area contributed by atoms with Gasteiger partial charge in [0.15, 0.2) is 0 Å². The van der Waals surface area contributed by atoms with E-state index in [2.05, 4.69) is 30.4 Å². The zero-order chi connectivity index (χ0) is 8.65. The maximum absolute atomic E-state index is 2.28. The van der Waals surface area contributed by atoms with Crippen molar-refractivity contribution >= 4 is 23.5 Å². The summed E-state index contributed by atoms with van der Waals surface area (Å²) in [6, 6.07) is 0. The topological polar surface area (TPSA) is 0 Å². The van der Waals surface area contributed by atoms with Crippen molar-refractivity contribution in [3.63, 3.8) is 0 Å². The summed E-state index contributed by atoms with van der Waals surface area (Å²) in [7, 11) is 0. The second-order valence-corrected chi connectivity index (χ2v) is 6.29. The van der Waals surface area contributed by atoms with Crippen LogP contribution in [0.4, 0.5) is 0 Å². The van der Waals surface area contributed by atoms with E-state index < -0.39 is 0 Å². The Morgan fingerprint density at radius 2 is 1.83 bits per heavy atom. The molecule has 1 rings (SSSR count). The zero-order valence-electron chi connectivity index (χ0n) is 8.05. The van der Waals surface area contributed by atoms with Gasteiger partial charge in [-0.05, 0) is 24.3 Å². The van der Waals surface area contributed by atoms with Crippen molar-refractivity contribution in [2.75, 3.05) is 11.5 Å². The van der Waals surface area contributed by atoms with E-state index in [9.17, 15) is 0 Å². The Morgan fingerprint density at radius 1 is 1.08 bits per heavy atom. The third-order valence-electron chi connectivity index (χ3n) is 2.19. The lowest BCUT2D eigenvalue weighted by molar-refractivity contribution is 0.652. The first-order valence-corrected chi connectivity index (χ1v) is 7.26. The minimum atomic E-state index is 0.940. The predicted octanol–water partition coefficient (Wildman–Crippen LogP) is 4.15. The molecule has 0 saturated carbocycles. The van der Waals surface area contributed by atoms with Crippen LogP contribution in [0.1, 0.15) is 45.4 Å². The van der Waals surface area contributed by atoms with Gasteiger partial charge in [0.25, 0.3) is 0 Å². The van der Waals surface area contributed by atoms with Gasteiger partial charge in [0.1, 0.15) is 0 Å². The highest BCUT2D eigenvalue weighted by Crippen LogP contribution is 2.33. The SMILES string of the molecule is CCCCCCC1SCCCS1. The third kappa shape index (κ3) is 4.66. The monoisotopic (exact) mass is 204 g/mol. The lowest BCUT2D eigenvalue weighted by Gasteiger charge is -2.20. The molecule has 0 aromatic heterocycles. The lowest BCUT2D eigenvalue weighted by atomic mass is 10.2. The molecule has 0 bridgehead atoms. The molecule has 0 N–H and O–H groups in total. The van der Waals surface area contributed by atoms with Gasteiger partial charge < -0.3 is 0 Å². The average molecular weight is 204 g/mol. The molecule has 1 saturated heterocycles. The molecule has 0 radical (unpaired) electrons. The van der Waals surface area contributed by atoms with Gasteiger partial charge in [0.2, 0.25) is 0 Å². The van der Waals surface area contributed by atoms with Gasteiger partial charge in [-0.3, -0.25) is 0 Å². The highest BCUT2D eigenvalue weighted by molar-refractivity contribution is 8.17. The van der Waals surface area contributed by atoms with Crippen LogP contribution in [-0.2, 0) is 0 Å². The Bertz CT molecular complexity index is 98.0. The molecule has 12 heavy (non-hydrogen) atoms. The van der Waals surface area contributed by atoms with Gasteiger partial charge in [-0.25, -0.2) is 0 Å². The van der Waals surface area contributed by atoms with Gasteiger partial charge in [0, 0.05) is 0 Å². The van der Waals surface area contributed by atoms with Gasteiger partial charge in [-0.2, -0.15) is 0 Å². The van der Waals surface area contributed by atoms with E-state index in [-0.39, 0.29) is 0 Å². The normalized spacial score (nSPS) is 19.8. The minimum absolute atomic E-state index is 0.940. The highest BCUT2D eigenvalue weighted by atomic mass is 32.2. The number of hydrogen-bond acceptors (Lipinski definition) is 2. The zero-order valence-corrected chi connectivity index (χ0v) is 9.68. The average Bonchev–Trinajstić information content (AvgIpc) is 2.14. The third-order valence-corrected chi connectivity index (χ3v) is 5.27. The summed E-state index contributed by atoms with van der Waals surface area (Å²) in [5.74, 6) is 2.82. The molecule has 0 amide bonds. The fourth-order valence-corrected chi connectivity index (χ4v) is 4.40. The summed E-state index contributed by atoms with van der Waals surface area (Å²) < 4.78 is 0.940. The fraction of sp³-hybridized carbons (Fsp3) is 1.00. The second kappa shape index (κ2) is 7.14. The molecular weight excluding hydrogens is 184 g/mol. The molecule has 0 aromatic carbocycles. The molecule has 0 spiro atoms. The predicted molar refractivity (Wildman–Crippen MR) is 62.1 cm³/mol. The summed E-state index contributed by atoms with van der Waals surface area (Å²) in [5.41, 5.74) is 0. The summed E-state index contributed by atoms with van der Waals surface area (Å²) in [5, 5.41) is 0. The van der Waals surface area contributed by atoms with Crippen LogP contribution in [0.3, 0.4) is 0 Å². The van der Waals surface area contributed by atoms with Crippen LogP contribution in [0.15, 0.2) is 0 Å². The van der Waals surface area contributed by atoms with Gasteiger partial charge in [-0.1, -0.05) is 32.6 Å². The summed E-state index contributed by atoms with van der Waals surface area (Å²) in [4.78, 5) is 0. The molecule has 1 heterocycles. The van der Waals surface area contributed by atoms with E-state index in [0.29, 0.717) is 0 Å². The van der Waals surface area contributed by atoms with E-state index in [1.165, 1.54) is 50.0 Å². The molecule has 0 atom stereocenters. The van der Waals surface area contributed by atoms with Crippen LogP contribution in [-0.4, -0.2) is 16.1 Å². The Hall–Kier alpha value is 0.700. The number of unbranched alkanes of at least 4 members (excludes halogenated alkanes) is 3. The first-order valence-electron chi connectivity index (χ1n) is 5.16. The van der Waals surface area contributed by atoms with E-state index >= 15 is 0 Å². The van der Waals surface area contributed by atoms with Crippen LogP contribution >= 0.6 is 23.5 Å². The van der Waals surface area contributed by atoms with Crippen molar-refractivity contribution in [1.29, 1.82) is 0 Å².